The Balaban J connectivity index is 1.04. The van der Waals surface area contributed by atoms with E-state index in [9.17, 15) is 0 Å². The number of nitrogens with zero attached hydrogens (tertiary/aromatic N) is 5. The predicted molar refractivity (Wildman–Crippen MR) is 290 cm³/mol. The zero-order valence-corrected chi connectivity index (χ0v) is 38.9. The van der Waals surface area contributed by atoms with Gasteiger partial charge in [0.2, 0.25) is 0 Å². The maximum atomic E-state index is 5.08. The van der Waals surface area contributed by atoms with Crippen molar-refractivity contribution < 1.29 is 0 Å². The molecule has 1 aliphatic heterocycles. The van der Waals surface area contributed by atoms with Crippen molar-refractivity contribution in [1.29, 1.82) is 0 Å². The number of aromatic nitrogens is 3. The smallest absolute Gasteiger partial charge is 0.164 e. The maximum Gasteiger partial charge on any atom is 0.164 e. The predicted octanol–water partition coefficient (Wildman–Crippen LogP) is 17.4. The third-order valence-corrected chi connectivity index (χ3v) is 13.5. The Morgan fingerprint density at radius 2 is 0.471 bits per heavy atom. The maximum absolute atomic E-state index is 5.08. The van der Waals surface area contributed by atoms with Crippen LogP contribution in [0.25, 0.3) is 78.7 Å². The van der Waals surface area contributed by atoms with Crippen LogP contribution in [0.5, 0.6) is 0 Å². The Morgan fingerprint density at radius 1 is 0.229 bits per heavy atom. The molecule has 0 amide bonds. The van der Waals surface area contributed by atoms with Crippen molar-refractivity contribution in [2.75, 3.05) is 9.80 Å². The molecule has 0 aliphatic carbocycles. The number of fused-ring (bicyclic) bond motifs is 2. The molecule has 5 heteroatoms. The van der Waals surface area contributed by atoms with Crippen LogP contribution in [0.1, 0.15) is 11.1 Å². The summed E-state index contributed by atoms with van der Waals surface area (Å²) in [6.45, 7) is 4.56. The molecule has 0 saturated carbocycles. The lowest BCUT2D eigenvalue weighted by Gasteiger charge is -2.40. The summed E-state index contributed by atoms with van der Waals surface area (Å²) in [5.74, 6) is 1.89. The van der Waals surface area contributed by atoms with Crippen molar-refractivity contribution in [3.05, 3.63) is 260 Å². The molecule has 10 aromatic carbocycles. The Kier molecular flexibility index (Phi) is 10.9. The Labute approximate surface area is 409 Å². The number of rotatable bonds is 9. The highest BCUT2D eigenvalue weighted by atomic mass is 15.3. The van der Waals surface area contributed by atoms with E-state index >= 15 is 0 Å². The first-order chi connectivity index (χ1) is 34.6. The number of hydrogen-bond donors (Lipinski definition) is 0. The van der Waals surface area contributed by atoms with E-state index < -0.39 is 0 Å². The van der Waals surface area contributed by atoms with E-state index in [4.69, 9.17) is 15.0 Å². The molecule has 1 aromatic heterocycles. The first kappa shape index (κ1) is 42.2. The molecule has 0 fully saturated rings. The summed E-state index contributed by atoms with van der Waals surface area (Å²) in [4.78, 5) is 19.9. The molecule has 11 aromatic rings. The van der Waals surface area contributed by atoms with Gasteiger partial charge in [0.15, 0.2) is 17.5 Å². The van der Waals surface area contributed by atoms with E-state index in [1.165, 1.54) is 44.5 Å². The minimum absolute atomic E-state index is 0.621. The number of para-hydroxylation sites is 5. The highest BCUT2D eigenvalue weighted by molar-refractivity contribution is 6.06. The molecule has 2 heterocycles. The van der Waals surface area contributed by atoms with Crippen LogP contribution in [0.3, 0.4) is 0 Å². The van der Waals surface area contributed by atoms with Crippen LogP contribution in [-0.4, -0.2) is 15.0 Å². The van der Waals surface area contributed by atoms with Gasteiger partial charge in [-0.05, 0) is 118 Å². The molecule has 12 rings (SSSR count). The summed E-state index contributed by atoms with van der Waals surface area (Å²) >= 11 is 0. The average Bonchev–Trinajstić information content (AvgIpc) is 3.44. The van der Waals surface area contributed by atoms with E-state index in [0.717, 1.165) is 61.9 Å². The van der Waals surface area contributed by atoms with Gasteiger partial charge >= 0.3 is 0 Å². The highest BCUT2D eigenvalue weighted by Gasteiger charge is 2.31. The molecule has 0 saturated heterocycles. The summed E-state index contributed by atoms with van der Waals surface area (Å²) in [6.07, 6.45) is 0. The summed E-state index contributed by atoms with van der Waals surface area (Å²) in [5, 5.41) is 0. The molecular formula is C65H47N5. The Bertz CT molecular complexity index is 3530. The number of benzene rings is 10. The van der Waals surface area contributed by atoms with Crippen molar-refractivity contribution in [3.8, 4) is 78.7 Å². The van der Waals surface area contributed by atoms with Crippen LogP contribution < -0.4 is 9.80 Å². The molecule has 0 unspecified atom stereocenters. The van der Waals surface area contributed by atoms with Gasteiger partial charge in [-0.2, -0.15) is 0 Å². The molecule has 1 aliphatic rings. The SMILES string of the molecule is Cc1c(C)c(-c2ccccc2)c(-c2ccc(N3c4ccccc4N(c4ccccc4)c4ccccc43)cc2)c(-c2ccc(-c3nc(-c4ccccc4)nc(-c4ccccc4)n3)cc2)c1-c1ccccc1. The molecule has 0 radical (unpaired) electrons. The van der Waals surface area contributed by atoms with Crippen LogP contribution in [0.2, 0.25) is 0 Å². The lowest BCUT2D eigenvalue weighted by atomic mass is 9.78. The standard InChI is InChI=1S/C65H47N5/c1-44-45(2)60(47-24-10-4-11-25-47)62(49-40-42-54(43-41-49)70-57-34-20-18-32-55(57)69(53-30-16-7-17-31-53)56-33-19-21-35-58(56)70)61(59(44)46-22-8-3-9-23-46)48-36-38-52(39-37-48)65-67-63(50-26-12-5-13-27-50)66-64(68-65)51-28-14-6-15-29-51/h3-43H,1-2H3. The van der Waals surface area contributed by atoms with Crippen LogP contribution >= 0.6 is 0 Å². The van der Waals surface area contributed by atoms with Crippen molar-refractivity contribution in [1.82, 2.24) is 15.0 Å². The van der Waals surface area contributed by atoms with E-state index in [1.54, 1.807) is 0 Å². The second-order valence-corrected chi connectivity index (χ2v) is 17.6. The van der Waals surface area contributed by atoms with Crippen molar-refractivity contribution in [3.63, 3.8) is 0 Å². The van der Waals surface area contributed by atoms with Gasteiger partial charge in [0.05, 0.1) is 22.7 Å². The normalized spacial score (nSPS) is 11.8. The third-order valence-electron chi connectivity index (χ3n) is 13.5. The van der Waals surface area contributed by atoms with Gasteiger partial charge in [0.1, 0.15) is 0 Å². The first-order valence-electron chi connectivity index (χ1n) is 23.8. The van der Waals surface area contributed by atoms with Gasteiger partial charge in [-0.1, -0.05) is 200 Å². The molecular weight excluding hydrogens is 851 g/mol. The van der Waals surface area contributed by atoms with Gasteiger partial charge < -0.3 is 9.80 Å². The molecule has 5 nitrogen and oxygen atoms in total. The largest absolute Gasteiger partial charge is 0.306 e. The number of anilines is 6. The second kappa shape index (κ2) is 18.1. The molecule has 0 bridgehead atoms. The zero-order chi connectivity index (χ0) is 47.0. The number of hydrogen-bond acceptors (Lipinski definition) is 5. The third kappa shape index (κ3) is 7.60. The van der Waals surface area contributed by atoms with Gasteiger partial charge in [-0.3, -0.25) is 0 Å². The van der Waals surface area contributed by atoms with Gasteiger partial charge in [0, 0.05) is 28.1 Å². The summed E-state index contributed by atoms with van der Waals surface area (Å²) in [6, 6.07) is 88.0. The van der Waals surface area contributed by atoms with E-state index in [2.05, 4.69) is 212 Å². The van der Waals surface area contributed by atoms with Crippen LogP contribution in [0, 0.1) is 13.8 Å². The fraction of sp³-hybridized carbons (Fsp3) is 0.0308. The summed E-state index contributed by atoms with van der Waals surface area (Å²) in [5.41, 5.74) is 21.3. The molecule has 0 spiro atoms. The molecule has 0 N–H and O–H groups in total. The van der Waals surface area contributed by atoms with Gasteiger partial charge in [0.25, 0.3) is 0 Å². The second-order valence-electron chi connectivity index (χ2n) is 17.6. The summed E-state index contributed by atoms with van der Waals surface area (Å²) in [7, 11) is 0. The lowest BCUT2D eigenvalue weighted by Crippen LogP contribution is -2.23. The topological polar surface area (TPSA) is 45.2 Å². The Hall–Kier alpha value is -9.19. The zero-order valence-electron chi connectivity index (χ0n) is 38.9. The monoisotopic (exact) mass is 897 g/mol. The highest BCUT2D eigenvalue weighted by Crippen LogP contribution is 2.55. The van der Waals surface area contributed by atoms with Crippen LogP contribution in [-0.2, 0) is 0 Å². The van der Waals surface area contributed by atoms with Crippen molar-refractivity contribution in [2.45, 2.75) is 13.8 Å². The minimum atomic E-state index is 0.621. The molecule has 0 atom stereocenters. The van der Waals surface area contributed by atoms with Gasteiger partial charge in [-0.25, -0.2) is 15.0 Å². The van der Waals surface area contributed by atoms with E-state index in [-0.39, 0.29) is 0 Å². The summed E-state index contributed by atoms with van der Waals surface area (Å²) < 4.78 is 0. The van der Waals surface area contributed by atoms with Gasteiger partial charge in [-0.15, -0.1) is 0 Å². The quantitative estimate of drug-likeness (QED) is 0.144. The first-order valence-corrected chi connectivity index (χ1v) is 23.8. The van der Waals surface area contributed by atoms with Crippen molar-refractivity contribution in [2.24, 2.45) is 0 Å². The lowest BCUT2D eigenvalue weighted by molar-refractivity contribution is 1.07. The van der Waals surface area contributed by atoms with E-state index in [0.29, 0.717) is 17.5 Å². The van der Waals surface area contributed by atoms with E-state index in [1.807, 2.05) is 60.7 Å². The minimum Gasteiger partial charge on any atom is -0.306 e. The van der Waals surface area contributed by atoms with Crippen LogP contribution in [0.15, 0.2) is 249 Å². The Morgan fingerprint density at radius 3 is 0.829 bits per heavy atom. The fourth-order valence-electron chi connectivity index (χ4n) is 10.1. The fourth-order valence-corrected chi connectivity index (χ4v) is 10.1. The molecule has 332 valence electrons. The van der Waals surface area contributed by atoms with Crippen molar-refractivity contribution >= 4 is 34.1 Å². The average molecular weight is 898 g/mol. The van der Waals surface area contributed by atoms with Crippen LogP contribution in [0.4, 0.5) is 34.1 Å². The molecule has 70 heavy (non-hydrogen) atoms.